The SMILES string of the molecule is CC/C=C\C/C=C\C/C=C\C/C=C\CCCCCCCCCCCCCCCCCCC(=O)OCC(COC(=O)CCCCCCC/C=C\CCCCCCCCC)OC(=O)CCCCCCCCCCCCCCCCCCCCC. The number of hydrogen-bond acceptors (Lipinski definition) is 6. The fourth-order valence-electron chi connectivity index (χ4n) is 10.8. The van der Waals surface area contributed by atoms with Crippen LogP contribution in [-0.2, 0) is 28.6 Å². The summed E-state index contributed by atoms with van der Waals surface area (Å²) in [7, 11) is 0. The van der Waals surface area contributed by atoms with Crippen molar-refractivity contribution in [2.75, 3.05) is 13.2 Å². The minimum atomic E-state index is -0.776. The first-order chi connectivity index (χ1) is 40.5. The van der Waals surface area contributed by atoms with Crippen molar-refractivity contribution in [2.24, 2.45) is 0 Å². The third-order valence-corrected chi connectivity index (χ3v) is 16.3. The lowest BCUT2D eigenvalue weighted by Gasteiger charge is -2.18. The highest BCUT2D eigenvalue weighted by Gasteiger charge is 2.19. The Labute approximate surface area is 510 Å². The van der Waals surface area contributed by atoms with Crippen LogP contribution in [0.5, 0.6) is 0 Å². The van der Waals surface area contributed by atoms with Gasteiger partial charge >= 0.3 is 17.9 Å². The number of rotatable bonds is 67. The van der Waals surface area contributed by atoms with E-state index in [0.29, 0.717) is 19.3 Å². The van der Waals surface area contributed by atoms with Gasteiger partial charge in [-0.25, -0.2) is 0 Å². The summed E-state index contributed by atoms with van der Waals surface area (Å²) in [6, 6.07) is 0. The highest BCUT2D eigenvalue weighted by Crippen LogP contribution is 2.18. The van der Waals surface area contributed by atoms with Crippen molar-refractivity contribution in [1.29, 1.82) is 0 Å². The maximum atomic E-state index is 13.0. The molecule has 0 spiro atoms. The van der Waals surface area contributed by atoms with Crippen LogP contribution in [0, 0.1) is 0 Å². The lowest BCUT2D eigenvalue weighted by Crippen LogP contribution is -2.30. The molecule has 1 unspecified atom stereocenters. The van der Waals surface area contributed by atoms with Crippen molar-refractivity contribution in [3.8, 4) is 0 Å². The Kier molecular flexibility index (Phi) is 68.1. The molecule has 0 heterocycles. The quantitative estimate of drug-likeness (QED) is 0.0261. The molecule has 1 atom stereocenters. The van der Waals surface area contributed by atoms with E-state index in [2.05, 4.69) is 81.5 Å². The lowest BCUT2D eigenvalue weighted by atomic mass is 10.0. The van der Waals surface area contributed by atoms with Gasteiger partial charge in [-0.2, -0.15) is 0 Å². The number of ether oxygens (including phenoxy) is 3. The highest BCUT2D eigenvalue weighted by atomic mass is 16.6. The summed E-state index contributed by atoms with van der Waals surface area (Å²) in [5.41, 5.74) is 0. The minimum absolute atomic E-state index is 0.0711. The van der Waals surface area contributed by atoms with Crippen molar-refractivity contribution >= 4 is 17.9 Å². The second kappa shape index (κ2) is 70.6. The van der Waals surface area contributed by atoms with Crippen LogP contribution in [0.2, 0.25) is 0 Å². The van der Waals surface area contributed by atoms with E-state index in [1.807, 2.05) is 0 Å². The Bertz CT molecular complexity index is 1460. The normalized spacial score (nSPS) is 12.4. The summed E-state index contributed by atoms with van der Waals surface area (Å²) in [5, 5.41) is 0. The zero-order chi connectivity index (χ0) is 59.2. The Morgan fingerprint density at radius 3 is 0.756 bits per heavy atom. The van der Waals surface area contributed by atoms with E-state index in [0.717, 1.165) is 89.9 Å². The predicted molar refractivity (Wildman–Crippen MR) is 358 cm³/mol. The zero-order valence-corrected chi connectivity index (χ0v) is 55.0. The van der Waals surface area contributed by atoms with Crippen LogP contribution in [0.25, 0.3) is 0 Å². The lowest BCUT2D eigenvalue weighted by molar-refractivity contribution is -0.167. The third-order valence-electron chi connectivity index (χ3n) is 16.3. The summed E-state index contributed by atoms with van der Waals surface area (Å²) in [5.74, 6) is -0.851. The maximum Gasteiger partial charge on any atom is 0.306 e. The molecule has 0 aliphatic carbocycles. The van der Waals surface area contributed by atoms with E-state index in [1.165, 1.54) is 257 Å². The van der Waals surface area contributed by atoms with Crippen LogP contribution in [0.4, 0.5) is 0 Å². The van der Waals surface area contributed by atoms with Gasteiger partial charge in [-0.05, 0) is 83.5 Å². The standard InChI is InChI=1S/C76H138O6/c1-4-7-10-13-16-19-22-25-28-31-33-34-35-36-37-38-39-40-41-42-44-45-48-51-54-57-60-63-66-69-75(78)81-72-73(71-80-74(77)68-65-62-59-56-53-50-47-30-27-24-21-18-15-12-9-6-3)82-76(79)70-67-64-61-58-55-52-49-46-43-32-29-26-23-20-17-14-11-8-5-2/h7,10,16,19,25,28,30,33-34,47,73H,4-6,8-9,11-15,17-18,20-24,26-27,29,31-32,35-46,48-72H2,1-3H3/b10-7-,19-16-,28-25-,34-33-,47-30-. The topological polar surface area (TPSA) is 78.9 Å². The van der Waals surface area contributed by atoms with Gasteiger partial charge in [0.05, 0.1) is 0 Å². The van der Waals surface area contributed by atoms with Gasteiger partial charge < -0.3 is 14.2 Å². The molecule has 6 nitrogen and oxygen atoms in total. The molecule has 0 fully saturated rings. The molecule has 0 amide bonds. The maximum absolute atomic E-state index is 13.0. The molecule has 0 saturated heterocycles. The molecule has 0 rings (SSSR count). The van der Waals surface area contributed by atoms with Crippen molar-refractivity contribution < 1.29 is 28.6 Å². The molecule has 0 radical (unpaired) electrons. The van der Waals surface area contributed by atoms with Gasteiger partial charge in [0.1, 0.15) is 13.2 Å². The van der Waals surface area contributed by atoms with Crippen molar-refractivity contribution in [3.63, 3.8) is 0 Å². The zero-order valence-electron chi connectivity index (χ0n) is 55.0. The second-order valence-corrected chi connectivity index (χ2v) is 24.5. The van der Waals surface area contributed by atoms with E-state index in [9.17, 15) is 14.4 Å². The van der Waals surface area contributed by atoms with Crippen LogP contribution >= 0.6 is 0 Å². The van der Waals surface area contributed by atoms with Gasteiger partial charge in [0.2, 0.25) is 0 Å². The van der Waals surface area contributed by atoms with Gasteiger partial charge in [0.25, 0.3) is 0 Å². The molecule has 0 aromatic carbocycles. The minimum Gasteiger partial charge on any atom is -0.462 e. The predicted octanol–water partition coefficient (Wildman–Crippen LogP) is 25.1. The van der Waals surface area contributed by atoms with E-state index in [1.54, 1.807) is 0 Å². The summed E-state index contributed by atoms with van der Waals surface area (Å²) in [6.45, 7) is 6.59. The second-order valence-electron chi connectivity index (χ2n) is 24.5. The average Bonchev–Trinajstić information content (AvgIpc) is 3.47. The molecule has 0 saturated carbocycles. The van der Waals surface area contributed by atoms with Gasteiger partial charge in [-0.3, -0.25) is 14.4 Å². The monoisotopic (exact) mass is 1150 g/mol. The van der Waals surface area contributed by atoms with E-state index >= 15 is 0 Å². The van der Waals surface area contributed by atoms with Gasteiger partial charge in [0.15, 0.2) is 6.10 Å². The first-order valence-electron chi connectivity index (χ1n) is 36.3. The summed E-state index contributed by atoms with van der Waals surface area (Å²) < 4.78 is 17.0. The number of carbonyl (C=O) groups is 3. The largest absolute Gasteiger partial charge is 0.462 e. The van der Waals surface area contributed by atoms with Crippen molar-refractivity contribution in [2.45, 2.75) is 393 Å². The van der Waals surface area contributed by atoms with Crippen molar-refractivity contribution in [3.05, 3.63) is 60.8 Å². The molecule has 478 valence electrons. The third kappa shape index (κ3) is 67.9. The molecule has 82 heavy (non-hydrogen) atoms. The summed E-state index contributed by atoms with van der Waals surface area (Å²) in [6.07, 6.45) is 91.1. The van der Waals surface area contributed by atoms with Crippen LogP contribution in [0.1, 0.15) is 387 Å². The molecule has 0 aromatic heterocycles. The first kappa shape index (κ1) is 79.1. The molecular weight excluding hydrogens is 1010 g/mol. The molecule has 0 aliphatic rings. The van der Waals surface area contributed by atoms with Gasteiger partial charge in [0, 0.05) is 19.3 Å². The number of carbonyl (C=O) groups excluding carboxylic acids is 3. The van der Waals surface area contributed by atoms with Gasteiger partial charge in [-0.1, -0.05) is 345 Å². The fraction of sp³-hybridized carbons (Fsp3) is 0.829. The Hall–Kier alpha value is -2.89. The molecule has 6 heteroatoms. The molecule has 0 aliphatic heterocycles. The smallest absolute Gasteiger partial charge is 0.306 e. The molecule has 0 bridgehead atoms. The van der Waals surface area contributed by atoms with Crippen LogP contribution < -0.4 is 0 Å². The Morgan fingerprint density at radius 1 is 0.256 bits per heavy atom. The van der Waals surface area contributed by atoms with Crippen molar-refractivity contribution in [1.82, 2.24) is 0 Å². The van der Waals surface area contributed by atoms with E-state index < -0.39 is 6.10 Å². The number of esters is 3. The Balaban J connectivity index is 4.25. The molecular formula is C76H138O6. The Morgan fingerprint density at radius 2 is 0.476 bits per heavy atom. The molecule has 0 aromatic rings. The summed E-state index contributed by atoms with van der Waals surface area (Å²) in [4.78, 5) is 38.5. The first-order valence-corrected chi connectivity index (χ1v) is 36.3. The fourth-order valence-corrected chi connectivity index (χ4v) is 10.8. The number of unbranched alkanes of at least 4 members (excludes halogenated alkanes) is 46. The number of allylic oxidation sites excluding steroid dienone is 10. The van der Waals surface area contributed by atoms with Gasteiger partial charge in [-0.15, -0.1) is 0 Å². The van der Waals surface area contributed by atoms with Crippen LogP contribution in [0.15, 0.2) is 60.8 Å². The van der Waals surface area contributed by atoms with Crippen LogP contribution in [0.3, 0.4) is 0 Å². The highest BCUT2D eigenvalue weighted by molar-refractivity contribution is 5.71. The van der Waals surface area contributed by atoms with E-state index in [4.69, 9.17) is 14.2 Å². The average molecular weight is 1150 g/mol. The van der Waals surface area contributed by atoms with E-state index in [-0.39, 0.29) is 31.1 Å². The number of hydrogen-bond donors (Lipinski definition) is 0. The van der Waals surface area contributed by atoms with Crippen LogP contribution in [-0.4, -0.2) is 37.2 Å². The molecule has 0 N–H and O–H groups in total. The summed E-state index contributed by atoms with van der Waals surface area (Å²) >= 11 is 0.